The lowest BCUT2D eigenvalue weighted by Gasteiger charge is -2.47. The van der Waals surface area contributed by atoms with Crippen molar-refractivity contribution >= 4 is 23.4 Å². The molecule has 1 spiro atoms. The number of hydrogen-bond donors (Lipinski definition) is 1. The average Bonchev–Trinajstić information content (AvgIpc) is 2.85. The van der Waals surface area contributed by atoms with Crippen LogP contribution in [0.3, 0.4) is 0 Å². The number of fused-ring (bicyclic) bond motifs is 2. The number of barbiturate groups is 1. The van der Waals surface area contributed by atoms with Crippen molar-refractivity contribution in [3.8, 4) is 0 Å². The number of aliphatic hydroxyl groups excluding tert-OH is 1. The molecule has 1 atom stereocenters. The lowest BCUT2D eigenvalue weighted by molar-refractivity contribution is -0.152. The zero-order chi connectivity index (χ0) is 23.6. The van der Waals surface area contributed by atoms with Gasteiger partial charge in [0.2, 0.25) is 0 Å². The van der Waals surface area contributed by atoms with Gasteiger partial charge in [-0.15, -0.1) is 0 Å². The number of urea groups is 1. The van der Waals surface area contributed by atoms with Gasteiger partial charge in [0.1, 0.15) is 6.61 Å². The molecule has 170 valence electrons. The number of amides is 4. The summed E-state index contributed by atoms with van der Waals surface area (Å²) in [6.45, 7) is 0.259. The van der Waals surface area contributed by atoms with Gasteiger partial charge in [-0.1, -0.05) is 60.7 Å². The Kier molecular flexibility index (Phi) is 6.16. The highest BCUT2D eigenvalue weighted by Gasteiger charge is 2.61. The number of ether oxygens (including phenoxy) is 1. The van der Waals surface area contributed by atoms with Crippen LogP contribution < -0.4 is 0 Å². The third-order valence-electron chi connectivity index (χ3n) is 6.29. The first kappa shape index (κ1) is 22.5. The molecule has 1 fully saturated rings. The molecule has 1 saturated heterocycles. The van der Waals surface area contributed by atoms with Crippen molar-refractivity contribution in [2.75, 3.05) is 20.7 Å². The van der Waals surface area contributed by atoms with Gasteiger partial charge in [0.05, 0.1) is 6.26 Å². The number of rotatable bonds is 6. The minimum absolute atomic E-state index is 0.0751. The molecule has 1 heterocycles. The molecular formula is C26H26N2O5. The fourth-order valence-corrected chi connectivity index (χ4v) is 4.65. The second-order valence-corrected chi connectivity index (χ2v) is 8.18. The maximum absolute atomic E-state index is 13.7. The molecule has 4 amide bonds. The monoisotopic (exact) mass is 446 g/mol. The van der Waals surface area contributed by atoms with Crippen LogP contribution in [0.25, 0.3) is 5.57 Å². The zero-order valence-electron chi connectivity index (χ0n) is 18.6. The van der Waals surface area contributed by atoms with E-state index in [1.54, 1.807) is 18.2 Å². The summed E-state index contributed by atoms with van der Waals surface area (Å²) < 4.78 is 5.71. The van der Waals surface area contributed by atoms with Gasteiger partial charge in [0.25, 0.3) is 11.8 Å². The molecular weight excluding hydrogens is 420 g/mol. The first-order valence-corrected chi connectivity index (χ1v) is 10.8. The third kappa shape index (κ3) is 3.64. The van der Waals surface area contributed by atoms with E-state index >= 15 is 0 Å². The maximum atomic E-state index is 13.7. The molecule has 0 aromatic heterocycles. The van der Waals surface area contributed by atoms with Crippen LogP contribution >= 0.6 is 0 Å². The molecule has 1 unspecified atom stereocenters. The highest BCUT2D eigenvalue weighted by Crippen LogP contribution is 2.48. The van der Waals surface area contributed by atoms with E-state index in [9.17, 15) is 19.5 Å². The second-order valence-electron chi connectivity index (χ2n) is 8.18. The highest BCUT2D eigenvalue weighted by molar-refractivity contribution is 6.24. The maximum Gasteiger partial charge on any atom is 0.332 e. The number of nitrogens with zero attached hydrogens (tertiary/aromatic N) is 2. The van der Waals surface area contributed by atoms with Gasteiger partial charge < -0.3 is 9.84 Å². The molecule has 2 aromatic rings. The first-order valence-electron chi connectivity index (χ1n) is 10.8. The molecule has 1 aliphatic carbocycles. The number of aliphatic hydroxyl groups is 1. The Balaban J connectivity index is 1.80. The molecule has 1 aliphatic heterocycles. The Morgan fingerprint density at radius 2 is 1.61 bits per heavy atom. The van der Waals surface area contributed by atoms with Gasteiger partial charge in [-0.3, -0.25) is 19.4 Å². The lowest BCUT2D eigenvalue weighted by atomic mass is 9.61. The van der Waals surface area contributed by atoms with Gasteiger partial charge in [-0.05, 0) is 34.8 Å². The smallest absolute Gasteiger partial charge is 0.332 e. The topological polar surface area (TPSA) is 87.2 Å². The summed E-state index contributed by atoms with van der Waals surface area (Å²) in [7, 11) is 2.77. The predicted molar refractivity (Wildman–Crippen MR) is 123 cm³/mol. The molecule has 0 radical (unpaired) electrons. The largest absolute Gasteiger partial charge is 0.497 e. The molecule has 4 rings (SSSR count). The van der Waals surface area contributed by atoms with Gasteiger partial charge in [0.15, 0.2) is 5.41 Å². The van der Waals surface area contributed by atoms with Gasteiger partial charge in [-0.25, -0.2) is 4.79 Å². The van der Waals surface area contributed by atoms with E-state index in [0.29, 0.717) is 18.6 Å². The van der Waals surface area contributed by atoms with Gasteiger partial charge in [0, 0.05) is 26.6 Å². The number of carbonyl (C=O) groups excluding carboxylic acids is 3. The number of likely N-dealkylation sites (N-methyl/N-ethyl adjacent to an activating group) is 2. The summed E-state index contributed by atoms with van der Waals surface area (Å²) in [6, 6.07) is 16.2. The summed E-state index contributed by atoms with van der Waals surface area (Å²) in [5.74, 6) is -1.87. The van der Waals surface area contributed by atoms with Crippen molar-refractivity contribution in [1.82, 2.24) is 9.80 Å². The van der Waals surface area contributed by atoms with Gasteiger partial charge >= 0.3 is 6.03 Å². The van der Waals surface area contributed by atoms with E-state index in [1.807, 2.05) is 48.5 Å². The molecule has 0 saturated carbocycles. The summed E-state index contributed by atoms with van der Waals surface area (Å²) in [5, 5.41) is 9.62. The number of carbonyl (C=O) groups is 3. The third-order valence-corrected chi connectivity index (χ3v) is 6.29. The summed E-state index contributed by atoms with van der Waals surface area (Å²) >= 11 is 0. The minimum Gasteiger partial charge on any atom is -0.497 e. The van der Waals surface area contributed by atoms with E-state index in [2.05, 4.69) is 0 Å². The van der Waals surface area contributed by atoms with Crippen molar-refractivity contribution in [2.24, 2.45) is 5.92 Å². The van der Waals surface area contributed by atoms with Crippen LogP contribution in [0.5, 0.6) is 0 Å². The molecule has 1 N–H and O–H groups in total. The molecule has 0 bridgehead atoms. The van der Waals surface area contributed by atoms with Crippen molar-refractivity contribution in [3.05, 3.63) is 89.7 Å². The van der Waals surface area contributed by atoms with Crippen LogP contribution in [0, 0.1) is 5.92 Å². The standard InChI is InChI=1S/C26H26N2O5/c1-27-23(30)26(24(31)28(2)25(27)32)20(13-15-33-17-18-8-4-3-5-9-18)16-19(12-14-29)21-10-6-7-11-22(21)26/h3-11,13,15-16,20,29H,12,14,17H2,1-2H3/b15-13+. The summed E-state index contributed by atoms with van der Waals surface area (Å²) in [4.78, 5) is 41.8. The Morgan fingerprint density at radius 1 is 0.970 bits per heavy atom. The van der Waals surface area contributed by atoms with Crippen molar-refractivity contribution < 1.29 is 24.2 Å². The fourth-order valence-electron chi connectivity index (χ4n) is 4.65. The molecule has 2 aliphatic rings. The predicted octanol–water partition coefficient (Wildman–Crippen LogP) is 3.10. The van der Waals surface area contributed by atoms with Crippen molar-refractivity contribution in [2.45, 2.75) is 18.4 Å². The minimum atomic E-state index is -1.64. The van der Waals surface area contributed by atoms with Crippen LogP contribution in [0.15, 0.2) is 73.0 Å². The van der Waals surface area contributed by atoms with Crippen molar-refractivity contribution in [1.29, 1.82) is 0 Å². The van der Waals surface area contributed by atoms with Crippen LogP contribution in [0.2, 0.25) is 0 Å². The summed E-state index contributed by atoms with van der Waals surface area (Å²) in [5.41, 5.74) is 1.42. The van der Waals surface area contributed by atoms with Crippen LogP contribution in [0.4, 0.5) is 4.79 Å². The van der Waals surface area contributed by atoms with E-state index in [1.165, 1.54) is 20.4 Å². The zero-order valence-corrected chi connectivity index (χ0v) is 18.6. The number of hydrogen-bond acceptors (Lipinski definition) is 5. The number of allylic oxidation sites excluding steroid dienone is 2. The first-order chi connectivity index (χ1) is 15.9. The molecule has 33 heavy (non-hydrogen) atoms. The van der Waals surface area contributed by atoms with Crippen LogP contribution in [-0.2, 0) is 26.3 Å². The second kappa shape index (κ2) is 9.03. The quantitative estimate of drug-likeness (QED) is 0.544. The van der Waals surface area contributed by atoms with Crippen LogP contribution in [-0.4, -0.2) is 53.5 Å². The molecule has 7 nitrogen and oxygen atoms in total. The van der Waals surface area contributed by atoms with Crippen LogP contribution in [0.1, 0.15) is 23.1 Å². The normalized spacial score (nSPS) is 19.8. The summed E-state index contributed by atoms with van der Waals surface area (Å²) in [6.07, 6.45) is 5.38. The Hall–Kier alpha value is -3.71. The SMILES string of the molecule is CN1C(=O)N(C)C(=O)C2(C1=O)c1ccccc1C(CCO)=CC2/C=C/OCc1ccccc1. The van der Waals surface area contributed by atoms with E-state index < -0.39 is 29.2 Å². The molecule has 2 aromatic carbocycles. The Morgan fingerprint density at radius 3 is 2.27 bits per heavy atom. The number of imide groups is 2. The fraction of sp³-hybridized carbons (Fsp3) is 0.269. The van der Waals surface area contributed by atoms with Crippen molar-refractivity contribution in [3.63, 3.8) is 0 Å². The van der Waals surface area contributed by atoms with E-state index in [4.69, 9.17) is 4.74 Å². The van der Waals surface area contributed by atoms with Gasteiger partial charge in [-0.2, -0.15) is 0 Å². The number of benzene rings is 2. The van der Waals surface area contributed by atoms with E-state index in [-0.39, 0.29) is 6.61 Å². The lowest BCUT2D eigenvalue weighted by Crippen LogP contribution is -2.68. The molecule has 7 heteroatoms. The Bertz CT molecular complexity index is 1110. The highest BCUT2D eigenvalue weighted by atomic mass is 16.5. The van der Waals surface area contributed by atoms with E-state index in [0.717, 1.165) is 26.5 Å². The average molecular weight is 447 g/mol. The Labute approximate surface area is 192 Å².